The predicted octanol–water partition coefficient (Wildman–Crippen LogP) is 3.45. The van der Waals surface area contributed by atoms with Crippen LogP contribution in [-0.4, -0.2) is 25.0 Å². The zero-order valence-corrected chi connectivity index (χ0v) is 12.7. The lowest BCUT2D eigenvalue weighted by molar-refractivity contribution is -0.143. The van der Waals surface area contributed by atoms with Crippen LogP contribution >= 0.6 is 0 Å². The largest absolute Gasteiger partial charge is 0.416 e. The third-order valence-electron chi connectivity index (χ3n) is 3.95. The molecule has 1 amide bonds. The van der Waals surface area contributed by atoms with Gasteiger partial charge in [0.25, 0.3) is 5.91 Å². The summed E-state index contributed by atoms with van der Waals surface area (Å²) in [5, 5.41) is 5.62. The Hall–Kier alpha value is -1.77. The quantitative estimate of drug-likeness (QED) is 0.799. The number of hydrogen-bond acceptors (Lipinski definition) is 2. The molecule has 1 saturated heterocycles. The maximum absolute atomic E-state index is 12.8. The fourth-order valence-corrected chi connectivity index (χ4v) is 2.57. The van der Waals surface area contributed by atoms with Gasteiger partial charge in [0.05, 0.1) is 11.1 Å². The average Bonchev–Trinajstić information content (AvgIpc) is 2.47. The summed E-state index contributed by atoms with van der Waals surface area (Å²) in [5.41, 5.74) is -3.65. The van der Waals surface area contributed by atoms with Crippen molar-refractivity contribution in [2.45, 2.75) is 31.7 Å². The highest BCUT2D eigenvalue weighted by molar-refractivity contribution is 5.94. The number of halogens is 6. The molecule has 1 aliphatic heterocycles. The van der Waals surface area contributed by atoms with Crippen LogP contribution in [0.4, 0.5) is 26.3 Å². The molecule has 2 rings (SSSR count). The Labute approximate surface area is 134 Å². The van der Waals surface area contributed by atoms with Crippen molar-refractivity contribution < 1.29 is 31.1 Å². The number of carbonyl (C=O) groups excluding carboxylic acids is 1. The van der Waals surface area contributed by atoms with Crippen molar-refractivity contribution in [3.63, 3.8) is 0 Å². The highest BCUT2D eigenvalue weighted by atomic mass is 19.4. The van der Waals surface area contributed by atoms with Crippen LogP contribution in [-0.2, 0) is 12.4 Å². The van der Waals surface area contributed by atoms with Gasteiger partial charge < -0.3 is 10.6 Å². The van der Waals surface area contributed by atoms with E-state index in [-0.39, 0.29) is 18.0 Å². The average molecular weight is 354 g/mol. The number of alkyl halides is 6. The van der Waals surface area contributed by atoms with Gasteiger partial charge in [-0.25, -0.2) is 0 Å². The van der Waals surface area contributed by atoms with Crippen LogP contribution in [0.3, 0.4) is 0 Å². The third kappa shape index (κ3) is 4.40. The molecule has 0 bridgehead atoms. The van der Waals surface area contributed by atoms with E-state index in [1.54, 1.807) is 0 Å². The van der Waals surface area contributed by atoms with Crippen molar-refractivity contribution in [1.29, 1.82) is 0 Å². The number of amides is 1. The normalized spacial score (nSPS) is 22.3. The molecule has 1 aliphatic rings. The second kappa shape index (κ2) is 6.62. The fraction of sp³-hybridized carbons (Fsp3) is 0.533. The first-order chi connectivity index (χ1) is 11.0. The zero-order valence-electron chi connectivity index (χ0n) is 12.7. The molecule has 24 heavy (non-hydrogen) atoms. The number of carbonyl (C=O) groups is 1. The summed E-state index contributed by atoms with van der Waals surface area (Å²) in [6.07, 6.45) is -9.39. The van der Waals surface area contributed by atoms with Crippen molar-refractivity contribution >= 4 is 5.91 Å². The molecule has 1 fully saturated rings. The van der Waals surface area contributed by atoms with E-state index in [0.29, 0.717) is 31.6 Å². The van der Waals surface area contributed by atoms with E-state index in [4.69, 9.17) is 0 Å². The first-order valence-electron chi connectivity index (χ1n) is 7.29. The molecular formula is C15H16F6N2O. The summed E-state index contributed by atoms with van der Waals surface area (Å²) >= 11 is 0. The molecule has 0 aromatic heterocycles. The van der Waals surface area contributed by atoms with Crippen LogP contribution in [0.2, 0.25) is 0 Å². The summed E-state index contributed by atoms with van der Waals surface area (Å²) < 4.78 is 76.9. The number of nitrogens with one attached hydrogen (secondary N) is 2. The molecular weight excluding hydrogens is 338 g/mol. The minimum atomic E-state index is -4.97. The van der Waals surface area contributed by atoms with E-state index >= 15 is 0 Å². The SMILES string of the molecule is CC1CNCCC1NC(=O)c1cc(C(F)(F)F)cc(C(F)(F)F)c1. The van der Waals surface area contributed by atoms with E-state index in [1.165, 1.54) is 0 Å². The second-order valence-corrected chi connectivity index (χ2v) is 5.84. The molecule has 1 heterocycles. The Morgan fingerprint density at radius 2 is 1.62 bits per heavy atom. The second-order valence-electron chi connectivity index (χ2n) is 5.84. The monoisotopic (exact) mass is 354 g/mol. The Morgan fingerprint density at radius 1 is 1.08 bits per heavy atom. The van der Waals surface area contributed by atoms with Gasteiger partial charge >= 0.3 is 12.4 Å². The smallest absolute Gasteiger partial charge is 0.349 e. The van der Waals surface area contributed by atoms with Crippen molar-refractivity contribution in [1.82, 2.24) is 10.6 Å². The molecule has 3 nitrogen and oxygen atoms in total. The molecule has 2 atom stereocenters. The van der Waals surface area contributed by atoms with Crippen LogP contribution in [0.1, 0.15) is 34.8 Å². The van der Waals surface area contributed by atoms with Gasteiger partial charge in [-0.05, 0) is 43.6 Å². The molecule has 0 saturated carbocycles. The third-order valence-corrected chi connectivity index (χ3v) is 3.95. The summed E-state index contributed by atoms with van der Waals surface area (Å²) in [4.78, 5) is 12.2. The summed E-state index contributed by atoms with van der Waals surface area (Å²) in [6, 6.07) is 0.582. The van der Waals surface area contributed by atoms with Gasteiger partial charge in [-0.15, -0.1) is 0 Å². The Morgan fingerprint density at radius 3 is 2.08 bits per heavy atom. The van der Waals surface area contributed by atoms with Crippen LogP contribution in [0, 0.1) is 5.92 Å². The number of hydrogen-bond donors (Lipinski definition) is 2. The maximum Gasteiger partial charge on any atom is 0.416 e. The number of benzene rings is 1. The van der Waals surface area contributed by atoms with Gasteiger partial charge in [0.15, 0.2) is 0 Å². The molecule has 1 aromatic rings. The van der Waals surface area contributed by atoms with Crippen molar-refractivity contribution in [2.24, 2.45) is 5.92 Å². The lowest BCUT2D eigenvalue weighted by Crippen LogP contribution is -2.48. The van der Waals surface area contributed by atoms with Crippen molar-refractivity contribution in [2.75, 3.05) is 13.1 Å². The summed E-state index contributed by atoms with van der Waals surface area (Å²) in [6.45, 7) is 3.07. The molecule has 134 valence electrons. The minimum absolute atomic E-state index is 0.00390. The lowest BCUT2D eigenvalue weighted by atomic mass is 9.94. The standard InChI is InChI=1S/C15H16F6N2O/c1-8-7-22-3-2-12(8)23-13(24)9-4-10(14(16,17)18)6-11(5-9)15(19,20)21/h4-6,8,12,22H,2-3,7H2,1H3,(H,23,24). The van der Waals surface area contributed by atoms with E-state index < -0.39 is 35.0 Å². The van der Waals surface area contributed by atoms with Crippen LogP contribution in [0.15, 0.2) is 18.2 Å². The molecule has 2 N–H and O–H groups in total. The van der Waals surface area contributed by atoms with Gasteiger partial charge in [0.1, 0.15) is 0 Å². The Kier molecular flexibility index (Phi) is 5.12. The topological polar surface area (TPSA) is 41.1 Å². The fourth-order valence-electron chi connectivity index (χ4n) is 2.57. The molecule has 2 unspecified atom stereocenters. The molecule has 0 spiro atoms. The van der Waals surface area contributed by atoms with E-state index in [9.17, 15) is 31.1 Å². The first-order valence-corrected chi connectivity index (χ1v) is 7.29. The molecule has 9 heteroatoms. The highest BCUT2D eigenvalue weighted by Gasteiger charge is 2.37. The van der Waals surface area contributed by atoms with Crippen LogP contribution in [0.25, 0.3) is 0 Å². The molecule has 0 aliphatic carbocycles. The van der Waals surface area contributed by atoms with E-state index in [0.717, 1.165) is 0 Å². The maximum atomic E-state index is 12.8. The van der Waals surface area contributed by atoms with Gasteiger partial charge in [0, 0.05) is 11.6 Å². The molecule has 1 aromatic carbocycles. The van der Waals surface area contributed by atoms with Gasteiger partial charge in [-0.2, -0.15) is 26.3 Å². The number of piperidine rings is 1. The van der Waals surface area contributed by atoms with Gasteiger partial charge in [-0.3, -0.25) is 4.79 Å². The number of rotatable bonds is 2. The van der Waals surface area contributed by atoms with Crippen molar-refractivity contribution in [3.05, 3.63) is 34.9 Å². The van der Waals surface area contributed by atoms with Crippen LogP contribution < -0.4 is 10.6 Å². The highest BCUT2D eigenvalue weighted by Crippen LogP contribution is 2.36. The lowest BCUT2D eigenvalue weighted by Gasteiger charge is -2.30. The summed E-state index contributed by atoms with van der Waals surface area (Å²) in [5.74, 6) is -0.916. The first kappa shape index (κ1) is 18.6. The van der Waals surface area contributed by atoms with Crippen LogP contribution in [0.5, 0.6) is 0 Å². The van der Waals surface area contributed by atoms with Gasteiger partial charge in [0.2, 0.25) is 0 Å². The molecule has 0 radical (unpaired) electrons. The Balaban J connectivity index is 2.32. The zero-order chi connectivity index (χ0) is 18.1. The van der Waals surface area contributed by atoms with E-state index in [1.807, 2.05) is 6.92 Å². The minimum Gasteiger partial charge on any atom is -0.349 e. The predicted molar refractivity (Wildman–Crippen MR) is 74.4 cm³/mol. The van der Waals surface area contributed by atoms with Crippen molar-refractivity contribution in [3.8, 4) is 0 Å². The summed E-state index contributed by atoms with van der Waals surface area (Å²) in [7, 11) is 0. The van der Waals surface area contributed by atoms with E-state index in [2.05, 4.69) is 10.6 Å². The Bertz CT molecular complexity index is 579. The van der Waals surface area contributed by atoms with Gasteiger partial charge in [-0.1, -0.05) is 6.92 Å².